The van der Waals surface area contributed by atoms with Crippen LogP contribution in [0.3, 0.4) is 0 Å². The van der Waals surface area contributed by atoms with Crippen molar-refractivity contribution in [3.05, 3.63) is 60.7 Å². The molecule has 0 bridgehead atoms. The quantitative estimate of drug-likeness (QED) is 0.145. The average Bonchev–Trinajstić information content (AvgIpc) is 2.67. The molecule has 0 atom stereocenters. The average molecular weight is 483 g/mol. The molecule has 31 heavy (non-hydrogen) atoms. The SMILES string of the molecule is CC(C)OC(=O)C(Sc1ccccc1)(Sc1ccccc1)P(=O)(OC(C)C)OC(C)C. The van der Waals surface area contributed by atoms with Gasteiger partial charge in [0.25, 0.3) is 3.82 Å². The van der Waals surface area contributed by atoms with Gasteiger partial charge in [-0.15, -0.1) is 0 Å². The Labute approximate surface area is 194 Å². The predicted octanol–water partition coefficient (Wildman–Crippen LogP) is 7.22. The summed E-state index contributed by atoms with van der Waals surface area (Å²) in [4.78, 5) is 15.2. The number of carbonyl (C=O) groups is 1. The standard InChI is InChI=1S/C23H31O5PS2/c1-17(2)26-22(24)23(30-20-13-9-7-10-14-20,31-21-15-11-8-12-16-21)29(25,27-18(3)4)28-19(5)6/h7-19H,1-6H3. The van der Waals surface area contributed by atoms with Crippen LogP contribution in [0.1, 0.15) is 41.5 Å². The van der Waals surface area contributed by atoms with Crippen LogP contribution in [0.4, 0.5) is 0 Å². The first-order valence-corrected chi connectivity index (χ1v) is 13.4. The van der Waals surface area contributed by atoms with Crippen LogP contribution in [0.25, 0.3) is 0 Å². The number of carbonyl (C=O) groups excluding carboxylic acids is 1. The summed E-state index contributed by atoms with van der Waals surface area (Å²) in [5.74, 6) is -0.644. The van der Waals surface area contributed by atoms with Crippen molar-refractivity contribution in [2.75, 3.05) is 0 Å². The highest BCUT2D eigenvalue weighted by Gasteiger charge is 2.61. The van der Waals surface area contributed by atoms with Crippen LogP contribution >= 0.6 is 31.1 Å². The normalized spacial score (nSPS) is 12.5. The Balaban J connectivity index is 2.74. The molecule has 0 amide bonds. The fourth-order valence-electron chi connectivity index (χ4n) is 2.63. The molecule has 8 heteroatoms. The van der Waals surface area contributed by atoms with Crippen molar-refractivity contribution >= 4 is 37.1 Å². The number of esters is 1. The van der Waals surface area contributed by atoms with E-state index in [-0.39, 0.29) is 0 Å². The monoisotopic (exact) mass is 482 g/mol. The Morgan fingerprint density at radius 3 is 1.45 bits per heavy atom. The van der Waals surface area contributed by atoms with Crippen molar-refractivity contribution in [3.63, 3.8) is 0 Å². The molecule has 170 valence electrons. The van der Waals surface area contributed by atoms with Crippen LogP contribution in [0.15, 0.2) is 70.5 Å². The van der Waals surface area contributed by atoms with Crippen molar-refractivity contribution in [2.24, 2.45) is 0 Å². The number of benzene rings is 2. The van der Waals surface area contributed by atoms with Crippen LogP contribution < -0.4 is 0 Å². The lowest BCUT2D eigenvalue weighted by Gasteiger charge is -2.38. The number of rotatable bonds is 11. The van der Waals surface area contributed by atoms with Gasteiger partial charge < -0.3 is 13.8 Å². The van der Waals surface area contributed by atoms with Crippen molar-refractivity contribution in [3.8, 4) is 0 Å². The second-order valence-electron chi connectivity index (χ2n) is 7.67. The molecule has 5 nitrogen and oxygen atoms in total. The first-order chi connectivity index (χ1) is 14.6. The molecule has 0 aromatic heterocycles. The summed E-state index contributed by atoms with van der Waals surface area (Å²) >= 11 is 2.29. The van der Waals surface area contributed by atoms with Crippen LogP contribution in [-0.4, -0.2) is 28.1 Å². The fourth-order valence-corrected chi connectivity index (χ4v) is 8.62. The Morgan fingerprint density at radius 2 is 1.13 bits per heavy atom. The predicted molar refractivity (Wildman–Crippen MR) is 129 cm³/mol. The molecule has 0 aliphatic heterocycles. The van der Waals surface area contributed by atoms with E-state index >= 15 is 0 Å². The zero-order valence-corrected chi connectivity index (χ0v) is 21.3. The summed E-state index contributed by atoms with van der Waals surface area (Å²) in [7, 11) is -4.06. The van der Waals surface area contributed by atoms with Crippen LogP contribution in [0, 0.1) is 0 Å². The molecule has 0 radical (unpaired) electrons. The highest BCUT2D eigenvalue weighted by Crippen LogP contribution is 2.73. The second-order valence-corrected chi connectivity index (χ2v) is 13.2. The molecule has 0 spiro atoms. The van der Waals surface area contributed by atoms with Crippen LogP contribution in [-0.2, 0) is 23.1 Å². The first kappa shape index (κ1) is 26.0. The molecule has 2 aromatic carbocycles. The van der Waals surface area contributed by atoms with Crippen LogP contribution in [0.5, 0.6) is 0 Å². The molecule has 0 fully saturated rings. The van der Waals surface area contributed by atoms with E-state index in [1.807, 2.05) is 60.7 Å². The van der Waals surface area contributed by atoms with Gasteiger partial charge in [0.05, 0.1) is 18.3 Å². The Kier molecular flexibility index (Phi) is 9.71. The molecule has 0 saturated heterocycles. The second kappa shape index (κ2) is 11.6. The first-order valence-electron chi connectivity index (χ1n) is 10.2. The van der Waals surface area contributed by atoms with E-state index < -0.39 is 35.7 Å². The van der Waals surface area contributed by atoms with Gasteiger partial charge >= 0.3 is 13.6 Å². The topological polar surface area (TPSA) is 61.8 Å². The van der Waals surface area contributed by atoms with E-state index in [0.29, 0.717) is 0 Å². The molecule has 0 N–H and O–H groups in total. The van der Waals surface area contributed by atoms with Gasteiger partial charge in [0.15, 0.2) is 0 Å². The molecular weight excluding hydrogens is 451 g/mol. The highest BCUT2D eigenvalue weighted by atomic mass is 32.2. The van der Waals surface area contributed by atoms with E-state index in [4.69, 9.17) is 13.8 Å². The van der Waals surface area contributed by atoms with Crippen LogP contribution in [0.2, 0.25) is 0 Å². The Hall–Kier alpha value is -1.24. The number of hydrogen-bond donors (Lipinski definition) is 0. The third kappa shape index (κ3) is 7.13. The number of ether oxygens (including phenoxy) is 1. The molecule has 2 rings (SSSR count). The minimum absolute atomic E-state index is 0.397. The van der Waals surface area contributed by atoms with Gasteiger partial charge in [0.2, 0.25) is 0 Å². The van der Waals surface area contributed by atoms with E-state index in [1.54, 1.807) is 41.5 Å². The maximum Gasteiger partial charge on any atom is 0.369 e. The van der Waals surface area contributed by atoms with Crippen molar-refractivity contribution in [1.82, 2.24) is 0 Å². The highest BCUT2D eigenvalue weighted by molar-refractivity contribution is 8.26. The van der Waals surface area contributed by atoms with Gasteiger partial charge in [-0.2, -0.15) is 0 Å². The molecule has 0 saturated carbocycles. The van der Waals surface area contributed by atoms with Gasteiger partial charge in [0.1, 0.15) is 0 Å². The van der Waals surface area contributed by atoms with Gasteiger partial charge in [-0.3, -0.25) is 4.57 Å². The van der Waals surface area contributed by atoms with Gasteiger partial charge in [-0.05, 0) is 65.8 Å². The Bertz CT molecular complexity index is 817. The third-order valence-corrected chi connectivity index (χ3v) is 10.3. The largest absolute Gasteiger partial charge is 0.461 e. The van der Waals surface area contributed by atoms with Crippen molar-refractivity contribution in [1.29, 1.82) is 0 Å². The van der Waals surface area contributed by atoms with E-state index in [1.165, 1.54) is 0 Å². The molecule has 2 aromatic rings. The van der Waals surface area contributed by atoms with Crippen molar-refractivity contribution in [2.45, 2.75) is 73.5 Å². The summed E-state index contributed by atoms with van der Waals surface area (Å²) in [5, 5.41) is 0. The zero-order chi connectivity index (χ0) is 23.1. The Morgan fingerprint density at radius 1 is 0.742 bits per heavy atom. The van der Waals surface area contributed by atoms with E-state index in [0.717, 1.165) is 33.3 Å². The van der Waals surface area contributed by atoms with Gasteiger partial charge in [-0.1, -0.05) is 59.9 Å². The molecular formula is C23H31O5PS2. The van der Waals surface area contributed by atoms with Crippen molar-refractivity contribution < 1.29 is 23.1 Å². The van der Waals surface area contributed by atoms with E-state index in [9.17, 15) is 9.36 Å². The summed E-state index contributed by atoms with van der Waals surface area (Å²) < 4.78 is 30.4. The molecule has 0 unspecified atom stereocenters. The minimum Gasteiger partial charge on any atom is -0.461 e. The lowest BCUT2D eigenvalue weighted by atomic mass is 10.4. The maximum atomic E-state index is 14.5. The molecule has 0 heterocycles. The molecule has 0 aliphatic carbocycles. The summed E-state index contributed by atoms with van der Waals surface area (Å²) in [5.41, 5.74) is 0. The smallest absolute Gasteiger partial charge is 0.369 e. The van der Waals surface area contributed by atoms with Gasteiger partial charge in [-0.25, -0.2) is 4.79 Å². The lowest BCUT2D eigenvalue weighted by Crippen LogP contribution is -2.38. The maximum absolute atomic E-state index is 14.5. The lowest BCUT2D eigenvalue weighted by molar-refractivity contribution is -0.146. The third-order valence-electron chi connectivity index (χ3n) is 3.66. The number of thioether (sulfide) groups is 2. The zero-order valence-electron chi connectivity index (χ0n) is 18.8. The summed E-state index contributed by atoms with van der Waals surface area (Å²) in [6.45, 7) is 10.6. The fraction of sp³-hybridized carbons (Fsp3) is 0.435. The van der Waals surface area contributed by atoms with E-state index in [2.05, 4.69) is 0 Å². The molecule has 0 aliphatic rings. The number of hydrogen-bond acceptors (Lipinski definition) is 7. The summed E-state index contributed by atoms with van der Waals surface area (Å²) in [6.07, 6.45) is -1.25. The summed E-state index contributed by atoms with van der Waals surface area (Å²) in [6, 6.07) is 18.7. The van der Waals surface area contributed by atoms with Gasteiger partial charge in [0, 0.05) is 9.79 Å². The minimum atomic E-state index is -4.06.